The van der Waals surface area contributed by atoms with E-state index in [1.807, 2.05) is 0 Å². The van der Waals surface area contributed by atoms with E-state index in [4.69, 9.17) is 29.6 Å². The van der Waals surface area contributed by atoms with Crippen LogP contribution < -0.4 is 11.1 Å². The summed E-state index contributed by atoms with van der Waals surface area (Å²) in [5, 5.41) is 3.52. The van der Waals surface area contributed by atoms with Crippen LogP contribution in [0.2, 0.25) is 5.02 Å². The van der Waals surface area contributed by atoms with E-state index in [0.717, 1.165) is 4.47 Å². The van der Waals surface area contributed by atoms with Crippen molar-refractivity contribution in [3.05, 3.63) is 55.7 Å². The Labute approximate surface area is 142 Å². The van der Waals surface area contributed by atoms with Crippen molar-refractivity contribution in [3.63, 3.8) is 0 Å². The predicted octanol–water partition coefficient (Wildman–Crippen LogP) is 5.38. The van der Waals surface area contributed by atoms with E-state index in [2.05, 4.69) is 37.2 Å². The maximum Gasteiger partial charge on any atom is 0.161 e. The molecule has 0 aliphatic carbocycles. The molecule has 0 saturated carbocycles. The van der Waals surface area contributed by atoms with Crippen LogP contribution in [0, 0.1) is 5.82 Å². The van der Waals surface area contributed by atoms with Crippen LogP contribution in [0.4, 0.5) is 15.8 Å². The number of anilines is 2. The highest BCUT2D eigenvalue weighted by Gasteiger charge is 2.13. The SMILES string of the molecule is NC(=S)c1ccc(Nc2cc(Cl)ccc2Br)c(F)c1Br. The van der Waals surface area contributed by atoms with E-state index in [0.29, 0.717) is 22.0 Å². The summed E-state index contributed by atoms with van der Waals surface area (Å²) in [5.41, 5.74) is 6.92. The van der Waals surface area contributed by atoms with Crippen LogP contribution in [0.15, 0.2) is 39.3 Å². The minimum atomic E-state index is -0.470. The monoisotopic (exact) mass is 436 g/mol. The van der Waals surface area contributed by atoms with Crippen LogP contribution in [-0.2, 0) is 0 Å². The molecule has 0 heterocycles. The van der Waals surface area contributed by atoms with E-state index < -0.39 is 5.82 Å². The lowest BCUT2D eigenvalue weighted by Crippen LogP contribution is -2.11. The molecular weight excluding hydrogens is 430 g/mol. The maximum absolute atomic E-state index is 14.3. The van der Waals surface area contributed by atoms with Gasteiger partial charge in [-0.2, -0.15) is 0 Å². The quantitative estimate of drug-likeness (QED) is 0.632. The van der Waals surface area contributed by atoms with Crippen LogP contribution in [0.5, 0.6) is 0 Å². The summed E-state index contributed by atoms with van der Waals surface area (Å²) in [6.45, 7) is 0. The van der Waals surface area contributed by atoms with E-state index in [9.17, 15) is 4.39 Å². The van der Waals surface area contributed by atoms with Crippen LogP contribution >= 0.6 is 55.7 Å². The molecule has 2 rings (SSSR count). The summed E-state index contributed by atoms with van der Waals surface area (Å²) in [6, 6.07) is 8.43. The predicted molar refractivity (Wildman–Crippen MR) is 92.4 cm³/mol. The third-order valence-corrected chi connectivity index (χ3v) is 4.47. The first-order valence-corrected chi connectivity index (χ1v) is 7.77. The zero-order valence-corrected chi connectivity index (χ0v) is 14.6. The number of hydrogen-bond acceptors (Lipinski definition) is 2. The molecule has 0 aliphatic heterocycles. The second kappa shape index (κ2) is 6.39. The number of nitrogens with two attached hydrogens (primary N) is 1. The van der Waals surface area contributed by atoms with Crippen molar-refractivity contribution in [1.29, 1.82) is 0 Å². The van der Waals surface area contributed by atoms with Gasteiger partial charge in [-0.3, -0.25) is 0 Å². The van der Waals surface area contributed by atoms with Gasteiger partial charge in [0.1, 0.15) is 4.99 Å². The third-order valence-electron chi connectivity index (χ3n) is 2.55. The Bertz CT molecular complexity index is 694. The summed E-state index contributed by atoms with van der Waals surface area (Å²) >= 11 is 17.3. The lowest BCUT2D eigenvalue weighted by Gasteiger charge is -2.12. The molecule has 0 bridgehead atoms. The molecule has 2 aromatic rings. The van der Waals surface area contributed by atoms with Crippen molar-refractivity contribution in [2.24, 2.45) is 5.73 Å². The summed E-state index contributed by atoms with van der Waals surface area (Å²) < 4.78 is 15.3. The van der Waals surface area contributed by atoms with Gasteiger partial charge < -0.3 is 11.1 Å². The summed E-state index contributed by atoms with van der Waals surface area (Å²) in [7, 11) is 0. The first-order valence-electron chi connectivity index (χ1n) is 5.40. The number of hydrogen-bond donors (Lipinski definition) is 2. The molecule has 2 nitrogen and oxygen atoms in total. The van der Waals surface area contributed by atoms with Gasteiger partial charge in [-0.15, -0.1) is 0 Å². The Morgan fingerprint density at radius 2 is 1.90 bits per heavy atom. The number of thiocarbonyl (C=S) groups is 1. The molecule has 0 saturated heterocycles. The molecule has 0 amide bonds. The molecular formula is C13H8Br2ClFN2S. The van der Waals surface area contributed by atoms with Gasteiger partial charge in [-0.1, -0.05) is 23.8 Å². The fraction of sp³-hybridized carbons (Fsp3) is 0. The van der Waals surface area contributed by atoms with Gasteiger partial charge in [-0.25, -0.2) is 4.39 Å². The minimum absolute atomic E-state index is 0.131. The minimum Gasteiger partial charge on any atom is -0.389 e. The normalized spacial score (nSPS) is 10.4. The summed E-state index contributed by atoms with van der Waals surface area (Å²) in [4.78, 5) is 0.131. The Kier molecular flexibility index (Phi) is 5.01. The van der Waals surface area contributed by atoms with Crippen LogP contribution in [0.25, 0.3) is 0 Å². The second-order valence-corrected chi connectivity index (χ2v) is 6.43. The summed E-state index contributed by atoms with van der Waals surface area (Å²) in [5.74, 6) is -0.470. The van der Waals surface area contributed by atoms with Gasteiger partial charge in [0.2, 0.25) is 0 Å². The Hall–Kier alpha value is -0.690. The Morgan fingerprint density at radius 1 is 1.20 bits per heavy atom. The molecule has 0 fully saturated rings. The Balaban J connectivity index is 2.42. The van der Waals surface area contributed by atoms with Crippen molar-refractivity contribution >= 4 is 72.0 Å². The maximum atomic E-state index is 14.3. The molecule has 0 unspecified atom stereocenters. The molecule has 2 aromatic carbocycles. The number of rotatable bonds is 3. The van der Waals surface area contributed by atoms with Gasteiger partial charge in [0.25, 0.3) is 0 Å². The molecule has 3 N–H and O–H groups in total. The third kappa shape index (κ3) is 3.31. The highest BCUT2D eigenvalue weighted by Crippen LogP contribution is 2.33. The van der Waals surface area contributed by atoms with Crippen LogP contribution in [0.3, 0.4) is 0 Å². The van der Waals surface area contributed by atoms with E-state index in [1.165, 1.54) is 0 Å². The lowest BCUT2D eigenvalue weighted by molar-refractivity contribution is 0.625. The van der Waals surface area contributed by atoms with Gasteiger partial charge in [0.15, 0.2) is 5.82 Å². The number of nitrogens with one attached hydrogen (secondary N) is 1. The molecule has 0 atom stereocenters. The number of benzene rings is 2. The van der Waals surface area contributed by atoms with Gasteiger partial charge in [-0.05, 0) is 62.2 Å². The Morgan fingerprint density at radius 3 is 2.55 bits per heavy atom. The van der Waals surface area contributed by atoms with Crippen LogP contribution in [-0.4, -0.2) is 4.99 Å². The zero-order valence-electron chi connectivity index (χ0n) is 9.88. The van der Waals surface area contributed by atoms with E-state index in [-0.39, 0.29) is 9.46 Å². The molecule has 0 spiro atoms. The fourth-order valence-electron chi connectivity index (χ4n) is 1.57. The molecule has 0 aliphatic rings. The topological polar surface area (TPSA) is 38.0 Å². The van der Waals surface area contributed by atoms with Crippen molar-refractivity contribution in [2.45, 2.75) is 0 Å². The first kappa shape index (κ1) is 15.7. The average molecular weight is 439 g/mol. The van der Waals surface area contributed by atoms with Crippen LogP contribution in [0.1, 0.15) is 5.56 Å². The largest absolute Gasteiger partial charge is 0.389 e. The smallest absolute Gasteiger partial charge is 0.161 e. The molecule has 0 aromatic heterocycles. The highest BCUT2D eigenvalue weighted by molar-refractivity contribution is 9.11. The molecule has 20 heavy (non-hydrogen) atoms. The van der Waals surface area contributed by atoms with E-state index in [1.54, 1.807) is 30.3 Å². The van der Waals surface area contributed by atoms with Crippen molar-refractivity contribution in [3.8, 4) is 0 Å². The molecule has 0 radical (unpaired) electrons. The lowest BCUT2D eigenvalue weighted by atomic mass is 10.2. The van der Waals surface area contributed by atoms with Gasteiger partial charge in [0, 0.05) is 15.1 Å². The number of halogens is 4. The zero-order chi connectivity index (χ0) is 14.9. The van der Waals surface area contributed by atoms with Crippen molar-refractivity contribution in [1.82, 2.24) is 0 Å². The van der Waals surface area contributed by atoms with Crippen molar-refractivity contribution < 1.29 is 4.39 Å². The second-order valence-electron chi connectivity index (χ2n) is 3.90. The van der Waals surface area contributed by atoms with Crippen molar-refractivity contribution in [2.75, 3.05) is 5.32 Å². The fourth-order valence-corrected chi connectivity index (χ4v) is 2.95. The first-order chi connectivity index (χ1) is 9.40. The summed E-state index contributed by atoms with van der Waals surface area (Å²) in [6.07, 6.45) is 0. The van der Waals surface area contributed by atoms with Gasteiger partial charge in [0.05, 0.1) is 15.8 Å². The molecule has 104 valence electrons. The highest BCUT2D eigenvalue weighted by atomic mass is 79.9. The standard InChI is InChI=1S/C13H8Br2ClFN2S/c14-8-3-1-6(16)5-10(8)19-9-4-2-7(13(18)20)11(15)12(9)17/h1-5,19H,(H2,18,20). The average Bonchev–Trinajstić information content (AvgIpc) is 2.39. The van der Waals surface area contributed by atoms with Gasteiger partial charge >= 0.3 is 0 Å². The molecule has 7 heteroatoms. The van der Waals surface area contributed by atoms with E-state index >= 15 is 0 Å².